The second-order valence-corrected chi connectivity index (χ2v) is 7.37. The maximum absolute atomic E-state index is 13.7. The Kier molecular flexibility index (Phi) is 5.26. The van der Waals surface area contributed by atoms with Gasteiger partial charge in [0.1, 0.15) is 11.9 Å². The van der Waals surface area contributed by atoms with Crippen LogP contribution in [0.5, 0.6) is 0 Å². The zero-order valence-corrected chi connectivity index (χ0v) is 15.3. The lowest BCUT2D eigenvalue weighted by atomic mass is 9.86. The van der Waals surface area contributed by atoms with E-state index in [1.807, 2.05) is 0 Å². The fourth-order valence-electron chi connectivity index (χ4n) is 3.96. The summed E-state index contributed by atoms with van der Waals surface area (Å²) < 4.78 is 46.3. The summed E-state index contributed by atoms with van der Waals surface area (Å²) in [7, 11) is 0. The van der Waals surface area contributed by atoms with E-state index < -0.39 is 23.5 Å². The maximum atomic E-state index is 13.7. The Morgan fingerprint density at radius 2 is 1.86 bits per heavy atom. The SMILES string of the molecule is O=C(O[C@H]1CN2CCC1CC2)N(Cc1ccc(F)c(F)c1)c1cccc(F)c1. The first-order valence-electron chi connectivity index (χ1n) is 9.39. The molecule has 0 saturated carbocycles. The second-order valence-electron chi connectivity index (χ2n) is 7.37. The summed E-state index contributed by atoms with van der Waals surface area (Å²) in [4.78, 5) is 16.5. The molecule has 2 bridgehead atoms. The molecule has 0 aliphatic carbocycles. The molecular weight excluding hydrogens is 369 g/mol. The minimum Gasteiger partial charge on any atom is -0.444 e. The van der Waals surface area contributed by atoms with Gasteiger partial charge in [-0.1, -0.05) is 12.1 Å². The van der Waals surface area contributed by atoms with Gasteiger partial charge in [-0.3, -0.25) is 9.80 Å². The van der Waals surface area contributed by atoms with Gasteiger partial charge in [0.15, 0.2) is 11.6 Å². The van der Waals surface area contributed by atoms with E-state index in [2.05, 4.69) is 4.90 Å². The molecule has 3 heterocycles. The average molecular weight is 390 g/mol. The number of piperidine rings is 3. The van der Waals surface area contributed by atoms with E-state index in [9.17, 15) is 18.0 Å². The van der Waals surface area contributed by atoms with Gasteiger partial charge in [-0.05, 0) is 67.7 Å². The Bertz CT molecular complexity index is 868. The lowest BCUT2D eigenvalue weighted by molar-refractivity contribution is -0.0311. The van der Waals surface area contributed by atoms with Gasteiger partial charge in [-0.25, -0.2) is 18.0 Å². The summed E-state index contributed by atoms with van der Waals surface area (Å²) in [6.07, 6.45) is 1.15. The molecule has 5 rings (SSSR count). The van der Waals surface area contributed by atoms with Crippen molar-refractivity contribution in [2.75, 3.05) is 24.5 Å². The highest BCUT2D eigenvalue weighted by atomic mass is 19.2. The molecule has 0 N–H and O–H groups in total. The Morgan fingerprint density at radius 3 is 2.50 bits per heavy atom. The highest BCUT2D eigenvalue weighted by Crippen LogP contribution is 2.31. The van der Waals surface area contributed by atoms with Crippen molar-refractivity contribution in [3.05, 3.63) is 65.5 Å². The monoisotopic (exact) mass is 390 g/mol. The summed E-state index contributed by atoms with van der Waals surface area (Å²) in [6.45, 7) is 2.67. The van der Waals surface area contributed by atoms with Crippen LogP contribution in [0.15, 0.2) is 42.5 Å². The van der Waals surface area contributed by atoms with Crippen LogP contribution < -0.4 is 4.90 Å². The van der Waals surface area contributed by atoms with Gasteiger partial charge < -0.3 is 4.74 Å². The minimum atomic E-state index is -0.998. The number of anilines is 1. The highest BCUT2D eigenvalue weighted by molar-refractivity contribution is 5.87. The number of amides is 1. The van der Waals surface area contributed by atoms with Crippen molar-refractivity contribution in [1.82, 2.24) is 4.90 Å². The van der Waals surface area contributed by atoms with E-state index in [1.54, 1.807) is 6.07 Å². The van der Waals surface area contributed by atoms with Crippen molar-refractivity contribution >= 4 is 11.8 Å². The predicted octanol–water partition coefficient (Wildman–Crippen LogP) is 4.34. The zero-order chi connectivity index (χ0) is 19.7. The molecule has 3 aliphatic rings. The van der Waals surface area contributed by atoms with Crippen LogP contribution in [0.1, 0.15) is 18.4 Å². The average Bonchev–Trinajstić information content (AvgIpc) is 2.69. The maximum Gasteiger partial charge on any atom is 0.414 e. The predicted molar refractivity (Wildman–Crippen MR) is 98.4 cm³/mol. The summed E-state index contributed by atoms with van der Waals surface area (Å²) in [5.74, 6) is -2.13. The number of benzene rings is 2. The van der Waals surface area contributed by atoms with Crippen LogP contribution in [0.3, 0.4) is 0 Å². The zero-order valence-electron chi connectivity index (χ0n) is 15.3. The fraction of sp³-hybridized carbons (Fsp3) is 0.381. The van der Waals surface area contributed by atoms with E-state index >= 15 is 0 Å². The van der Waals surface area contributed by atoms with Gasteiger partial charge >= 0.3 is 6.09 Å². The third-order valence-corrected chi connectivity index (χ3v) is 5.51. The van der Waals surface area contributed by atoms with E-state index in [1.165, 1.54) is 29.2 Å². The third kappa shape index (κ3) is 3.99. The van der Waals surface area contributed by atoms with Crippen LogP contribution in [0, 0.1) is 23.4 Å². The van der Waals surface area contributed by atoms with Crippen molar-refractivity contribution in [2.45, 2.75) is 25.5 Å². The summed E-state index contributed by atoms with van der Waals surface area (Å²) >= 11 is 0. The van der Waals surface area contributed by atoms with Crippen molar-refractivity contribution in [3.63, 3.8) is 0 Å². The molecule has 0 aromatic heterocycles. The number of nitrogens with zero attached hydrogens (tertiary/aromatic N) is 2. The number of hydrogen-bond donors (Lipinski definition) is 0. The molecule has 3 fully saturated rings. The van der Waals surface area contributed by atoms with Crippen molar-refractivity contribution in [1.29, 1.82) is 0 Å². The Balaban J connectivity index is 1.57. The lowest BCUT2D eigenvalue weighted by Gasteiger charge is -2.44. The van der Waals surface area contributed by atoms with Crippen LogP contribution in [0.2, 0.25) is 0 Å². The standard InChI is InChI=1S/C21H21F3N2O2/c22-16-2-1-3-17(11-16)26(12-14-4-5-18(23)19(24)10-14)21(27)28-20-13-25-8-6-15(20)7-9-25/h1-5,10-11,15,20H,6-9,12-13H2/t20-/m0/s1. The van der Waals surface area contributed by atoms with Gasteiger partial charge in [-0.15, -0.1) is 0 Å². The van der Waals surface area contributed by atoms with Gasteiger partial charge in [0.25, 0.3) is 0 Å². The molecule has 3 aliphatic heterocycles. The summed E-state index contributed by atoms with van der Waals surface area (Å²) in [6, 6.07) is 9.00. The van der Waals surface area contributed by atoms with Gasteiger partial charge in [0, 0.05) is 6.54 Å². The highest BCUT2D eigenvalue weighted by Gasteiger charge is 2.37. The largest absolute Gasteiger partial charge is 0.444 e. The minimum absolute atomic E-state index is 0.0550. The molecule has 28 heavy (non-hydrogen) atoms. The molecule has 0 unspecified atom stereocenters. The first-order valence-corrected chi connectivity index (χ1v) is 9.39. The molecular formula is C21H21F3N2O2. The Labute approximate surface area is 161 Å². The first kappa shape index (κ1) is 18.8. The molecule has 2 aromatic rings. The molecule has 4 nitrogen and oxygen atoms in total. The normalized spacial score (nSPS) is 23.5. The third-order valence-electron chi connectivity index (χ3n) is 5.51. The van der Waals surface area contributed by atoms with Crippen LogP contribution in [0.4, 0.5) is 23.7 Å². The van der Waals surface area contributed by atoms with Crippen LogP contribution in [-0.2, 0) is 11.3 Å². The number of carbonyl (C=O) groups excluding carboxylic acids is 1. The van der Waals surface area contributed by atoms with Gasteiger partial charge in [0.05, 0.1) is 12.2 Å². The fourth-order valence-corrected chi connectivity index (χ4v) is 3.96. The topological polar surface area (TPSA) is 32.8 Å². The van der Waals surface area contributed by atoms with E-state index in [-0.39, 0.29) is 12.6 Å². The second kappa shape index (κ2) is 7.83. The smallest absolute Gasteiger partial charge is 0.414 e. The number of hydrogen-bond acceptors (Lipinski definition) is 3. The van der Waals surface area contributed by atoms with E-state index in [0.717, 1.165) is 38.1 Å². The van der Waals surface area contributed by atoms with Crippen LogP contribution in [-0.4, -0.2) is 36.7 Å². The number of rotatable bonds is 4. The Hall–Kier alpha value is -2.54. The number of halogens is 3. The molecule has 7 heteroatoms. The van der Waals surface area contributed by atoms with Crippen molar-refractivity contribution < 1.29 is 22.7 Å². The summed E-state index contributed by atoms with van der Waals surface area (Å²) in [5.41, 5.74) is 0.685. The Morgan fingerprint density at radius 1 is 1.07 bits per heavy atom. The molecule has 0 spiro atoms. The number of fused-ring (bicyclic) bond motifs is 3. The van der Waals surface area contributed by atoms with Crippen LogP contribution >= 0.6 is 0 Å². The van der Waals surface area contributed by atoms with Gasteiger partial charge in [0.2, 0.25) is 0 Å². The summed E-state index contributed by atoms with van der Waals surface area (Å²) in [5, 5.41) is 0. The van der Waals surface area contributed by atoms with Crippen molar-refractivity contribution in [3.8, 4) is 0 Å². The van der Waals surface area contributed by atoms with Gasteiger partial charge in [-0.2, -0.15) is 0 Å². The number of carbonyl (C=O) groups is 1. The quantitative estimate of drug-likeness (QED) is 0.779. The van der Waals surface area contributed by atoms with Crippen molar-refractivity contribution in [2.24, 2.45) is 5.92 Å². The molecule has 148 valence electrons. The first-order chi connectivity index (χ1) is 13.5. The van der Waals surface area contributed by atoms with Crippen LogP contribution in [0.25, 0.3) is 0 Å². The van der Waals surface area contributed by atoms with E-state index in [4.69, 9.17) is 4.74 Å². The molecule has 1 amide bonds. The molecule has 2 aromatic carbocycles. The number of ether oxygens (including phenoxy) is 1. The molecule has 3 saturated heterocycles. The lowest BCUT2D eigenvalue weighted by Crippen LogP contribution is -2.53. The molecule has 0 radical (unpaired) electrons. The molecule has 1 atom stereocenters. The van der Waals surface area contributed by atoms with E-state index in [0.29, 0.717) is 23.7 Å².